The molecule has 0 radical (unpaired) electrons. The Kier molecular flexibility index (Phi) is 7.68. The van der Waals surface area contributed by atoms with Crippen molar-refractivity contribution >= 4 is 23.2 Å². The van der Waals surface area contributed by atoms with Crippen molar-refractivity contribution in [3.05, 3.63) is 70.7 Å². The average Bonchev–Trinajstić information content (AvgIpc) is 2.83. The molecule has 168 valence electrons. The van der Waals surface area contributed by atoms with Crippen LogP contribution in [0.4, 0.5) is 5.69 Å². The van der Waals surface area contributed by atoms with Crippen molar-refractivity contribution in [2.45, 2.75) is 6.61 Å². The Morgan fingerprint density at radius 3 is 2.09 bits per heavy atom. The Bertz CT molecular complexity index is 1100. The molecule has 3 aromatic rings. The smallest absolute Gasteiger partial charge is 0.255 e. The van der Waals surface area contributed by atoms with Gasteiger partial charge in [-0.1, -0.05) is 23.7 Å². The van der Waals surface area contributed by atoms with Crippen molar-refractivity contribution in [1.82, 2.24) is 0 Å². The fourth-order valence-corrected chi connectivity index (χ4v) is 3.31. The predicted molar refractivity (Wildman–Crippen MR) is 123 cm³/mol. The molecule has 7 nitrogen and oxygen atoms in total. The fraction of sp³-hybridized carbons (Fsp3) is 0.208. The summed E-state index contributed by atoms with van der Waals surface area (Å²) in [4.78, 5) is 13.0. The van der Waals surface area contributed by atoms with E-state index in [1.54, 1.807) is 44.6 Å². The Labute approximate surface area is 191 Å². The molecule has 8 heteroatoms. The molecule has 0 aromatic heterocycles. The lowest BCUT2D eigenvalue weighted by Gasteiger charge is -2.15. The maximum absolute atomic E-state index is 13.0. The molecule has 1 amide bonds. The van der Waals surface area contributed by atoms with Gasteiger partial charge in [-0.3, -0.25) is 4.79 Å². The van der Waals surface area contributed by atoms with Crippen LogP contribution in [0.2, 0.25) is 5.02 Å². The molecular formula is C24H24ClNO6. The maximum atomic E-state index is 13.0. The first-order chi connectivity index (χ1) is 15.5. The molecule has 0 saturated heterocycles. The van der Waals surface area contributed by atoms with E-state index in [-0.39, 0.29) is 12.5 Å². The van der Waals surface area contributed by atoms with Gasteiger partial charge in [0.05, 0.1) is 39.1 Å². The minimum atomic E-state index is -0.339. The lowest BCUT2D eigenvalue weighted by atomic mass is 10.1. The number of benzene rings is 3. The molecule has 3 rings (SSSR count). The Balaban J connectivity index is 1.84. The quantitative estimate of drug-likeness (QED) is 0.475. The van der Waals surface area contributed by atoms with E-state index in [0.717, 1.165) is 0 Å². The number of rotatable bonds is 9. The zero-order valence-electron chi connectivity index (χ0n) is 18.2. The SMILES string of the molecule is COc1cc(NC(=O)c2ccc(OC)c(COc3ccccc3OC)c2)c(OC)cc1Cl. The number of hydrogen-bond donors (Lipinski definition) is 1. The Hall–Kier alpha value is -3.58. The van der Waals surface area contributed by atoms with E-state index in [9.17, 15) is 4.79 Å². The zero-order chi connectivity index (χ0) is 23.1. The van der Waals surface area contributed by atoms with Gasteiger partial charge in [-0.05, 0) is 30.3 Å². The second kappa shape index (κ2) is 10.6. The minimum Gasteiger partial charge on any atom is -0.496 e. The minimum absolute atomic E-state index is 0.183. The number of nitrogens with one attached hydrogen (secondary N) is 1. The summed E-state index contributed by atoms with van der Waals surface area (Å²) in [6.45, 7) is 0.183. The van der Waals surface area contributed by atoms with Crippen LogP contribution in [0.25, 0.3) is 0 Å². The highest BCUT2D eigenvalue weighted by Gasteiger charge is 2.16. The highest BCUT2D eigenvalue weighted by Crippen LogP contribution is 2.36. The average molecular weight is 458 g/mol. The van der Waals surface area contributed by atoms with Gasteiger partial charge in [0.1, 0.15) is 23.9 Å². The highest BCUT2D eigenvalue weighted by atomic mass is 35.5. The molecule has 0 fully saturated rings. The lowest BCUT2D eigenvalue weighted by molar-refractivity contribution is 0.102. The standard InChI is InChI=1S/C24H24ClNO6/c1-28-19-10-9-15(11-16(19)14-32-21-8-6-5-7-20(21)29-2)24(27)26-18-13-22(30-3)17(25)12-23(18)31-4/h5-13H,14H2,1-4H3,(H,26,27). The number of carbonyl (C=O) groups excluding carboxylic acids is 1. The molecule has 0 heterocycles. The third kappa shape index (κ3) is 5.18. The van der Waals surface area contributed by atoms with Crippen LogP contribution in [0.3, 0.4) is 0 Å². The number of halogens is 1. The third-order valence-electron chi connectivity index (χ3n) is 4.72. The van der Waals surface area contributed by atoms with Crippen molar-refractivity contribution in [2.24, 2.45) is 0 Å². The monoisotopic (exact) mass is 457 g/mol. The Morgan fingerprint density at radius 2 is 1.44 bits per heavy atom. The van der Waals surface area contributed by atoms with Gasteiger partial charge in [0.25, 0.3) is 5.91 Å². The van der Waals surface area contributed by atoms with E-state index in [0.29, 0.717) is 50.6 Å². The summed E-state index contributed by atoms with van der Waals surface area (Å²) in [5.41, 5.74) is 1.55. The molecule has 0 aliphatic heterocycles. The summed E-state index contributed by atoms with van der Waals surface area (Å²) in [6.07, 6.45) is 0. The van der Waals surface area contributed by atoms with Gasteiger partial charge >= 0.3 is 0 Å². The van der Waals surface area contributed by atoms with Gasteiger partial charge in [0.15, 0.2) is 11.5 Å². The van der Waals surface area contributed by atoms with Crippen LogP contribution in [-0.4, -0.2) is 34.3 Å². The molecule has 32 heavy (non-hydrogen) atoms. The maximum Gasteiger partial charge on any atom is 0.255 e. The summed E-state index contributed by atoms with van der Waals surface area (Å²) in [7, 11) is 6.13. The molecule has 0 atom stereocenters. The van der Waals surface area contributed by atoms with Crippen LogP contribution < -0.4 is 29.0 Å². The van der Waals surface area contributed by atoms with Gasteiger partial charge in [-0.15, -0.1) is 0 Å². The van der Waals surface area contributed by atoms with Crippen molar-refractivity contribution < 1.29 is 28.5 Å². The zero-order valence-corrected chi connectivity index (χ0v) is 19.0. The summed E-state index contributed by atoms with van der Waals surface area (Å²) >= 11 is 6.14. The predicted octanol–water partition coefficient (Wildman–Crippen LogP) is 5.21. The van der Waals surface area contributed by atoms with E-state index >= 15 is 0 Å². The van der Waals surface area contributed by atoms with Gasteiger partial charge in [-0.25, -0.2) is 0 Å². The number of hydrogen-bond acceptors (Lipinski definition) is 6. The van der Waals surface area contributed by atoms with Crippen LogP contribution in [0.5, 0.6) is 28.7 Å². The van der Waals surface area contributed by atoms with E-state index in [4.69, 9.17) is 35.3 Å². The van der Waals surface area contributed by atoms with Gasteiger partial charge < -0.3 is 29.0 Å². The molecule has 0 aliphatic carbocycles. The van der Waals surface area contributed by atoms with E-state index in [1.807, 2.05) is 24.3 Å². The number of para-hydroxylation sites is 2. The van der Waals surface area contributed by atoms with Crippen molar-refractivity contribution in [1.29, 1.82) is 0 Å². The topological polar surface area (TPSA) is 75.3 Å². The van der Waals surface area contributed by atoms with Crippen LogP contribution in [0, 0.1) is 0 Å². The Morgan fingerprint density at radius 1 is 0.781 bits per heavy atom. The van der Waals surface area contributed by atoms with Crippen LogP contribution in [-0.2, 0) is 6.61 Å². The summed E-state index contributed by atoms with van der Waals surface area (Å²) in [6, 6.07) is 15.6. The summed E-state index contributed by atoms with van der Waals surface area (Å²) in [5.74, 6) is 2.30. The van der Waals surface area contributed by atoms with E-state index < -0.39 is 0 Å². The van der Waals surface area contributed by atoms with Crippen molar-refractivity contribution in [3.8, 4) is 28.7 Å². The first kappa shape index (κ1) is 23.1. The molecule has 0 bridgehead atoms. The number of ether oxygens (including phenoxy) is 5. The lowest BCUT2D eigenvalue weighted by Crippen LogP contribution is -2.14. The van der Waals surface area contributed by atoms with Gasteiger partial charge in [-0.2, -0.15) is 0 Å². The van der Waals surface area contributed by atoms with E-state index in [1.165, 1.54) is 14.2 Å². The third-order valence-corrected chi connectivity index (χ3v) is 5.01. The number of methoxy groups -OCH3 is 4. The second-order valence-corrected chi connectivity index (χ2v) is 7.01. The van der Waals surface area contributed by atoms with Crippen LogP contribution in [0.15, 0.2) is 54.6 Å². The number of amides is 1. The van der Waals surface area contributed by atoms with Crippen LogP contribution >= 0.6 is 11.6 Å². The molecular weight excluding hydrogens is 434 g/mol. The van der Waals surface area contributed by atoms with Crippen molar-refractivity contribution in [3.63, 3.8) is 0 Å². The van der Waals surface area contributed by atoms with E-state index in [2.05, 4.69) is 5.32 Å². The number of carbonyl (C=O) groups is 1. The molecule has 0 aliphatic rings. The summed E-state index contributed by atoms with van der Waals surface area (Å²) < 4.78 is 27.2. The molecule has 3 aromatic carbocycles. The second-order valence-electron chi connectivity index (χ2n) is 6.61. The largest absolute Gasteiger partial charge is 0.496 e. The first-order valence-corrected chi connectivity index (χ1v) is 10.0. The first-order valence-electron chi connectivity index (χ1n) is 9.66. The fourth-order valence-electron chi connectivity index (χ4n) is 3.08. The molecule has 0 unspecified atom stereocenters. The molecule has 0 saturated carbocycles. The number of anilines is 1. The van der Waals surface area contributed by atoms with Gasteiger partial charge in [0.2, 0.25) is 0 Å². The van der Waals surface area contributed by atoms with Gasteiger partial charge in [0, 0.05) is 23.3 Å². The molecule has 1 N–H and O–H groups in total. The normalized spacial score (nSPS) is 10.3. The van der Waals surface area contributed by atoms with Crippen LogP contribution in [0.1, 0.15) is 15.9 Å². The summed E-state index contributed by atoms with van der Waals surface area (Å²) in [5, 5.41) is 3.21. The molecule has 0 spiro atoms. The highest BCUT2D eigenvalue weighted by molar-refractivity contribution is 6.32. The van der Waals surface area contributed by atoms with Crippen molar-refractivity contribution in [2.75, 3.05) is 33.8 Å².